The normalized spacial score (nSPS) is 12.9. The van der Waals surface area contributed by atoms with Gasteiger partial charge in [0.2, 0.25) is 0 Å². The molecule has 0 bridgehead atoms. The number of aromatic nitrogens is 2. The number of rotatable bonds is 6. The molecule has 0 N–H and O–H groups in total. The Hall–Kier alpha value is -8.20. The summed E-state index contributed by atoms with van der Waals surface area (Å²) >= 11 is 0. The highest BCUT2D eigenvalue weighted by Crippen LogP contribution is 2.59. The van der Waals surface area contributed by atoms with Crippen LogP contribution >= 0.6 is 0 Å². The number of nitrogens with zero attached hydrogens (tertiary/aromatic N) is 2. The van der Waals surface area contributed by atoms with Crippen LogP contribution in [0, 0.1) is 0 Å². The van der Waals surface area contributed by atoms with Gasteiger partial charge >= 0.3 is 0 Å². The molecule has 1 aliphatic rings. The molecule has 0 amide bonds. The molecule has 306 valence electrons. The summed E-state index contributed by atoms with van der Waals surface area (Å²) in [6.07, 6.45) is 0. The smallest absolute Gasteiger partial charge is 0.0619 e. The van der Waals surface area contributed by atoms with Gasteiger partial charge in [-0.2, -0.15) is 0 Å². The fourth-order valence-electron chi connectivity index (χ4n) is 11.3. The van der Waals surface area contributed by atoms with Crippen LogP contribution in [0.3, 0.4) is 0 Å². The first-order chi connectivity index (χ1) is 32.0. The van der Waals surface area contributed by atoms with Gasteiger partial charge in [0.1, 0.15) is 0 Å². The van der Waals surface area contributed by atoms with Gasteiger partial charge in [-0.1, -0.05) is 208 Å². The molecule has 2 heterocycles. The summed E-state index contributed by atoms with van der Waals surface area (Å²) < 4.78 is 5.07. The van der Waals surface area contributed by atoms with Gasteiger partial charge < -0.3 is 9.13 Å². The Bertz CT molecular complexity index is 3560. The van der Waals surface area contributed by atoms with E-state index in [9.17, 15) is 0 Å². The summed E-state index contributed by atoms with van der Waals surface area (Å²) in [4.78, 5) is 0. The Balaban J connectivity index is 1.18. The van der Waals surface area contributed by atoms with E-state index in [1.54, 1.807) is 0 Å². The van der Waals surface area contributed by atoms with Crippen LogP contribution < -0.4 is 0 Å². The maximum atomic E-state index is 2.54. The molecule has 0 unspecified atom stereocenters. The minimum absolute atomic E-state index is 0.413. The minimum atomic E-state index is -0.413. The highest BCUT2D eigenvalue weighted by Gasteiger charge is 2.42. The van der Waals surface area contributed by atoms with Gasteiger partial charge in [-0.05, 0) is 102 Å². The molecule has 2 nitrogen and oxygen atoms in total. The molecule has 2 aromatic heterocycles. The van der Waals surface area contributed by atoms with Gasteiger partial charge in [-0.15, -0.1) is 0 Å². The van der Waals surface area contributed by atoms with E-state index in [0.717, 1.165) is 11.4 Å². The van der Waals surface area contributed by atoms with E-state index in [-0.39, 0.29) is 0 Å². The van der Waals surface area contributed by atoms with Crippen molar-refractivity contribution in [2.24, 2.45) is 0 Å². The lowest BCUT2D eigenvalue weighted by Gasteiger charge is -2.25. The topological polar surface area (TPSA) is 9.86 Å². The third kappa shape index (κ3) is 5.60. The van der Waals surface area contributed by atoms with Crippen LogP contribution in [-0.2, 0) is 5.41 Å². The number of benzene rings is 10. The van der Waals surface area contributed by atoms with Crippen LogP contribution in [0.1, 0.15) is 25.0 Å². The van der Waals surface area contributed by atoms with Crippen molar-refractivity contribution in [3.8, 4) is 67.3 Å². The molecule has 1 aliphatic carbocycles. The molecular weight excluding hydrogens is 785 g/mol. The quantitative estimate of drug-likeness (QED) is 0.158. The van der Waals surface area contributed by atoms with Crippen LogP contribution in [-0.4, -0.2) is 9.13 Å². The van der Waals surface area contributed by atoms with Crippen LogP contribution in [0.25, 0.3) is 111 Å². The SMILES string of the molecule is CC1(C)c2c(ccc3c2c(-c2ccccc2)c(-c2ccccc2)n3-c2ccc3ccccc3c2)-c2ccc3c(c(-c4ccccc4)c(-c4ccccc4)n3-c3ccc4ccccc4c3)c21. The molecule has 10 aromatic carbocycles. The molecule has 13 rings (SSSR count). The maximum absolute atomic E-state index is 2.54. The first-order valence-electron chi connectivity index (χ1n) is 22.7. The lowest BCUT2D eigenvalue weighted by atomic mass is 9.77. The van der Waals surface area contributed by atoms with Crippen LogP contribution in [0.4, 0.5) is 0 Å². The first kappa shape index (κ1) is 37.4. The molecule has 0 saturated heterocycles. The molecular formula is C63H44N2. The highest BCUT2D eigenvalue weighted by molar-refractivity contribution is 6.16. The summed E-state index contributed by atoms with van der Waals surface area (Å²) in [6.45, 7) is 4.95. The van der Waals surface area contributed by atoms with Crippen molar-refractivity contribution >= 4 is 43.4 Å². The second kappa shape index (κ2) is 14.4. The summed E-state index contributed by atoms with van der Waals surface area (Å²) in [5.41, 5.74) is 19.3. The van der Waals surface area contributed by atoms with Crippen molar-refractivity contribution < 1.29 is 0 Å². The van der Waals surface area contributed by atoms with Gasteiger partial charge in [-0.25, -0.2) is 0 Å². The monoisotopic (exact) mass is 828 g/mol. The third-order valence-electron chi connectivity index (χ3n) is 14.0. The van der Waals surface area contributed by atoms with Crippen molar-refractivity contribution in [3.05, 3.63) is 242 Å². The van der Waals surface area contributed by atoms with Crippen LogP contribution in [0.2, 0.25) is 0 Å². The lowest BCUT2D eigenvalue weighted by Crippen LogP contribution is -2.16. The zero-order valence-corrected chi connectivity index (χ0v) is 36.3. The molecule has 0 aliphatic heterocycles. The fraction of sp³-hybridized carbons (Fsp3) is 0.0476. The van der Waals surface area contributed by atoms with E-state index in [4.69, 9.17) is 0 Å². The Labute approximate surface area is 378 Å². The third-order valence-corrected chi connectivity index (χ3v) is 14.0. The van der Waals surface area contributed by atoms with Crippen molar-refractivity contribution in [1.29, 1.82) is 0 Å². The van der Waals surface area contributed by atoms with E-state index in [2.05, 4.69) is 254 Å². The van der Waals surface area contributed by atoms with Gasteiger partial charge in [0.15, 0.2) is 0 Å². The van der Waals surface area contributed by atoms with Gasteiger partial charge in [0, 0.05) is 38.7 Å². The second-order valence-corrected chi connectivity index (χ2v) is 18.0. The zero-order chi connectivity index (χ0) is 43.2. The maximum Gasteiger partial charge on any atom is 0.0619 e. The fourth-order valence-corrected chi connectivity index (χ4v) is 11.3. The van der Waals surface area contributed by atoms with E-state index in [1.165, 1.54) is 110 Å². The Morgan fingerprint density at radius 3 is 1.03 bits per heavy atom. The van der Waals surface area contributed by atoms with Crippen molar-refractivity contribution in [2.75, 3.05) is 0 Å². The highest BCUT2D eigenvalue weighted by atomic mass is 15.0. The number of hydrogen-bond acceptors (Lipinski definition) is 0. The van der Waals surface area contributed by atoms with Crippen LogP contribution in [0.15, 0.2) is 231 Å². The lowest BCUT2D eigenvalue weighted by molar-refractivity contribution is 0.672. The molecule has 0 atom stereocenters. The van der Waals surface area contributed by atoms with E-state index in [1.807, 2.05) is 0 Å². The number of fused-ring (bicyclic) bond motifs is 9. The molecule has 0 fully saturated rings. The van der Waals surface area contributed by atoms with E-state index < -0.39 is 5.41 Å². The standard InChI is InChI=1S/C63H44N2/c1-63(2)59-51(35-37-53-57(59)55(43-21-7-3-8-22-43)61(45-25-11-5-12-26-45)64(53)49-33-31-41-19-15-17-29-47(41)39-49)52-36-38-54-58(60(52)63)56(44-23-9-4-10-24-44)62(46-27-13-6-14-28-46)65(54)50-34-32-42-20-16-18-30-48(42)40-50/h3-40H,1-2H3. The molecule has 2 heteroatoms. The predicted molar refractivity (Wildman–Crippen MR) is 274 cm³/mol. The summed E-state index contributed by atoms with van der Waals surface area (Å²) in [5.74, 6) is 0. The van der Waals surface area contributed by atoms with Gasteiger partial charge in [-0.3, -0.25) is 0 Å². The number of hydrogen-bond donors (Lipinski definition) is 0. The molecule has 65 heavy (non-hydrogen) atoms. The van der Waals surface area contributed by atoms with Crippen molar-refractivity contribution in [1.82, 2.24) is 9.13 Å². The molecule has 0 radical (unpaired) electrons. The largest absolute Gasteiger partial charge is 0.309 e. The van der Waals surface area contributed by atoms with Gasteiger partial charge in [0.05, 0.1) is 22.4 Å². The average Bonchev–Trinajstić information content (AvgIpc) is 3.98. The van der Waals surface area contributed by atoms with E-state index >= 15 is 0 Å². The van der Waals surface area contributed by atoms with Crippen molar-refractivity contribution in [2.45, 2.75) is 19.3 Å². The van der Waals surface area contributed by atoms with Crippen LogP contribution in [0.5, 0.6) is 0 Å². The minimum Gasteiger partial charge on any atom is -0.309 e. The second-order valence-electron chi connectivity index (χ2n) is 18.0. The average molecular weight is 829 g/mol. The summed E-state index contributed by atoms with van der Waals surface area (Å²) in [6, 6.07) is 85.0. The Morgan fingerprint density at radius 1 is 0.308 bits per heavy atom. The molecule has 0 saturated carbocycles. The zero-order valence-electron chi connectivity index (χ0n) is 36.3. The Kier molecular flexibility index (Phi) is 8.29. The summed E-state index contributed by atoms with van der Waals surface area (Å²) in [5, 5.41) is 7.52. The van der Waals surface area contributed by atoms with Gasteiger partial charge in [0.25, 0.3) is 0 Å². The summed E-state index contributed by atoms with van der Waals surface area (Å²) in [7, 11) is 0. The first-order valence-corrected chi connectivity index (χ1v) is 22.7. The van der Waals surface area contributed by atoms with E-state index in [0.29, 0.717) is 0 Å². The Morgan fingerprint density at radius 2 is 0.646 bits per heavy atom. The predicted octanol–water partition coefficient (Wildman–Crippen LogP) is 16.9. The molecule has 0 spiro atoms. The van der Waals surface area contributed by atoms with Crippen molar-refractivity contribution in [3.63, 3.8) is 0 Å². The molecule has 12 aromatic rings.